The first-order chi connectivity index (χ1) is 14.3. The molecule has 0 aliphatic heterocycles. The van der Waals surface area contributed by atoms with E-state index in [2.05, 4.69) is 10.1 Å². The summed E-state index contributed by atoms with van der Waals surface area (Å²) in [4.78, 5) is 3.27. The van der Waals surface area contributed by atoms with Crippen molar-refractivity contribution in [2.75, 3.05) is 5.75 Å². The Morgan fingerprint density at radius 1 is 1.03 bits per heavy atom. The number of alkyl halides is 6. The van der Waals surface area contributed by atoms with Crippen LogP contribution in [0.1, 0.15) is 11.4 Å². The minimum Gasteiger partial charge on any atom is -0.254 e. The van der Waals surface area contributed by atoms with Gasteiger partial charge in [0.1, 0.15) is 5.75 Å². The molecule has 1 heterocycles. The number of hydrogen-bond acceptors (Lipinski definition) is 3. The van der Waals surface area contributed by atoms with Crippen LogP contribution in [-0.4, -0.2) is 30.9 Å². The van der Waals surface area contributed by atoms with Crippen molar-refractivity contribution in [1.29, 1.82) is 0 Å². The van der Waals surface area contributed by atoms with Crippen molar-refractivity contribution in [3.63, 3.8) is 0 Å². The molecule has 0 spiro atoms. The molecule has 1 aromatic heterocycles. The Labute approximate surface area is 184 Å². The van der Waals surface area contributed by atoms with Gasteiger partial charge in [-0.3, -0.25) is 4.21 Å². The smallest absolute Gasteiger partial charge is 0.254 e. The van der Waals surface area contributed by atoms with E-state index >= 15 is 0 Å². The van der Waals surface area contributed by atoms with E-state index in [1.807, 2.05) is 0 Å². The predicted octanol–water partition coefficient (Wildman–Crippen LogP) is 6.24. The highest BCUT2D eigenvalue weighted by Gasteiger charge is 2.38. The predicted molar refractivity (Wildman–Crippen MR) is 104 cm³/mol. The number of aromatic nitrogens is 3. The highest BCUT2D eigenvalue weighted by molar-refractivity contribution is 7.85. The number of rotatable bonds is 4. The lowest BCUT2D eigenvalue weighted by Gasteiger charge is -2.14. The summed E-state index contributed by atoms with van der Waals surface area (Å²) in [7, 11) is -2.52. The van der Waals surface area contributed by atoms with Crippen LogP contribution >= 0.6 is 23.2 Å². The summed E-state index contributed by atoms with van der Waals surface area (Å²) in [5.74, 6) is -3.47. The standard InChI is InChI=1S/C18H11Cl2F6N3OS/c1-9-6-12(20)13(7-14(9)31(30)8-17(21,22)23)29-15(10-4-2-3-5-11(10)19)27-16(28-29)18(24,25)26/h2-7H,8H2,1H3. The van der Waals surface area contributed by atoms with Gasteiger partial charge in [-0.2, -0.15) is 26.3 Å². The number of hydrogen-bond donors (Lipinski definition) is 0. The van der Waals surface area contributed by atoms with Gasteiger partial charge in [0.15, 0.2) is 5.82 Å². The summed E-state index contributed by atoms with van der Waals surface area (Å²) in [6, 6.07) is 8.08. The largest absolute Gasteiger partial charge is 0.453 e. The third-order valence-electron chi connectivity index (χ3n) is 3.99. The molecule has 3 aromatic rings. The first kappa shape index (κ1) is 23.6. The van der Waals surface area contributed by atoms with E-state index < -0.39 is 34.7 Å². The van der Waals surface area contributed by atoms with Crippen LogP contribution < -0.4 is 0 Å². The van der Waals surface area contributed by atoms with Gasteiger partial charge in [-0.1, -0.05) is 35.3 Å². The molecule has 1 atom stereocenters. The molecule has 4 nitrogen and oxygen atoms in total. The lowest BCUT2D eigenvalue weighted by atomic mass is 10.2. The van der Waals surface area contributed by atoms with E-state index in [1.165, 1.54) is 31.2 Å². The van der Waals surface area contributed by atoms with Crippen LogP contribution in [0.4, 0.5) is 26.3 Å². The molecule has 0 bridgehead atoms. The molecule has 0 saturated carbocycles. The Bertz CT molecular complexity index is 1160. The highest BCUT2D eigenvalue weighted by atomic mass is 35.5. The van der Waals surface area contributed by atoms with Crippen molar-refractivity contribution in [1.82, 2.24) is 14.8 Å². The van der Waals surface area contributed by atoms with Crippen LogP contribution in [0.2, 0.25) is 10.0 Å². The number of nitrogens with zero attached hydrogens (tertiary/aromatic N) is 3. The highest BCUT2D eigenvalue weighted by Crippen LogP contribution is 2.36. The zero-order valence-corrected chi connectivity index (χ0v) is 17.7. The third kappa shape index (κ3) is 5.21. The maximum Gasteiger partial charge on any atom is 0.453 e. The van der Waals surface area contributed by atoms with Gasteiger partial charge in [-0.25, -0.2) is 9.67 Å². The molecule has 2 aromatic carbocycles. The molecule has 3 rings (SSSR count). The fraction of sp³-hybridized carbons (Fsp3) is 0.222. The number of halogens is 8. The van der Waals surface area contributed by atoms with Crippen LogP contribution in [0, 0.1) is 6.92 Å². The normalized spacial score (nSPS) is 13.5. The lowest BCUT2D eigenvalue weighted by molar-refractivity contribution is -0.144. The van der Waals surface area contributed by atoms with Crippen molar-refractivity contribution < 1.29 is 30.6 Å². The average Bonchev–Trinajstić information content (AvgIpc) is 3.05. The van der Waals surface area contributed by atoms with Gasteiger partial charge in [0.25, 0.3) is 5.82 Å². The maximum atomic E-state index is 13.3. The minimum absolute atomic E-state index is 0.0639. The zero-order valence-electron chi connectivity index (χ0n) is 15.4. The second-order valence-electron chi connectivity index (χ2n) is 6.32. The summed E-state index contributed by atoms with van der Waals surface area (Å²) in [6.45, 7) is 1.39. The molecule has 0 fully saturated rings. The van der Waals surface area contributed by atoms with E-state index in [0.717, 1.165) is 10.7 Å². The van der Waals surface area contributed by atoms with E-state index in [4.69, 9.17) is 23.2 Å². The van der Waals surface area contributed by atoms with Crippen LogP contribution in [0.3, 0.4) is 0 Å². The van der Waals surface area contributed by atoms with Crippen LogP contribution in [0.15, 0.2) is 41.3 Å². The van der Waals surface area contributed by atoms with Crippen LogP contribution in [0.25, 0.3) is 17.1 Å². The van der Waals surface area contributed by atoms with Crippen LogP contribution in [0.5, 0.6) is 0 Å². The Morgan fingerprint density at radius 3 is 2.26 bits per heavy atom. The van der Waals surface area contributed by atoms with Gasteiger partial charge in [-0.05, 0) is 36.8 Å². The molecular weight excluding hydrogens is 491 g/mol. The molecule has 0 radical (unpaired) electrons. The van der Waals surface area contributed by atoms with Gasteiger partial charge in [0.2, 0.25) is 0 Å². The second-order valence-corrected chi connectivity index (χ2v) is 8.56. The number of aryl methyl sites for hydroxylation is 1. The molecule has 0 N–H and O–H groups in total. The van der Waals surface area contributed by atoms with Gasteiger partial charge >= 0.3 is 12.4 Å². The first-order valence-corrected chi connectivity index (χ1v) is 10.4. The molecule has 166 valence electrons. The fourth-order valence-electron chi connectivity index (χ4n) is 2.69. The van der Waals surface area contributed by atoms with E-state index in [-0.39, 0.29) is 37.6 Å². The third-order valence-corrected chi connectivity index (χ3v) is 6.14. The minimum atomic E-state index is -4.92. The van der Waals surface area contributed by atoms with Gasteiger partial charge in [0, 0.05) is 10.5 Å². The number of benzene rings is 2. The fourth-order valence-corrected chi connectivity index (χ4v) is 4.33. The molecule has 31 heavy (non-hydrogen) atoms. The van der Waals surface area contributed by atoms with E-state index in [1.54, 1.807) is 6.07 Å². The van der Waals surface area contributed by atoms with E-state index in [9.17, 15) is 30.6 Å². The molecule has 1 unspecified atom stereocenters. The molecule has 0 aliphatic rings. The summed E-state index contributed by atoms with van der Waals surface area (Å²) in [6.07, 6.45) is -9.63. The average molecular weight is 502 g/mol. The Morgan fingerprint density at radius 2 is 1.68 bits per heavy atom. The quantitative estimate of drug-likeness (QED) is 0.397. The summed E-state index contributed by atoms with van der Waals surface area (Å²) >= 11 is 12.3. The SMILES string of the molecule is Cc1cc(Cl)c(-n2nc(C(F)(F)F)nc2-c2ccccc2Cl)cc1S(=O)CC(F)(F)F. The zero-order chi connectivity index (χ0) is 23.1. The topological polar surface area (TPSA) is 47.8 Å². The van der Waals surface area contributed by atoms with Gasteiger partial charge in [-0.15, -0.1) is 5.10 Å². The van der Waals surface area contributed by atoms with Crippen molar-refractivity contribution in [2.24, 2.45) is 0 Å². The lowest BCUT2D eigenvalue weighted by Crippen LogP contribution is -2.19. The molecule has 0 aliphatic carbocycles. The molecule has 0 amide bonds. The molecule has 0 saturated heterocycles. The van der Waals surface area contributed by atoms with Crippen molar-refractivity contribution >= 4 is 34.0 Å². The Balaban J connectivity index is 2.25. The monoisotopic (exact) mass is 501 g/mol. The molecular formula is C18H11Cl2F6N3OS. The summed E-state index contributed by atoms with van der Waals surface area (Å²) in [5, 5.41) is 3.39. The maximum absolute atomic E-state index is 13.3. The summed E-state index contributed by atoms with van der Waals surface area (Å²) in [5.41, 5.74) is 0.0317. The van der Waals surface area contributed by atoms with Crippen molar-refractivity contribution in [3.05, 3.63) is 57.8 Å². The van der Waals surface area contributed by atoms with E-state index in [0.29, 0.717) is 0 Å². The Kier molecular flexibility index (Phi) is 6.41. The van der Waals surface area contributed by atoms with Crippen molar-refractivity contribution in [3.8, 4) is 17.1 Å². The van der Waals surface area contributed by atoms with Gasteiger partial charge in [0.05, 0.1) is 26.5 Å². The Hall–Kier alpha value is -2.11. The van der Waals surface area contributed by atoms with Crippen molar-refractivity contribution in [2.45, 2.75) is 24.2 Å². The molecule has 13 heteroatoms. The second kappa shape index (κ2) is 8.44. The summed E-state index contributed by atoms with van der Waals surface area (Å²) < 4.78 is 91.0. The van der Waals surface area contributed by atoms with Crippen LogP contribution in [-0.2, 0) is 17.0 Å². The van der Waals surface area contributed by atoms with Gasteiger partial charge < -0.3 is 0 Å². The first-order valence-electron chi connectivity index (χ1n) is 8.32.